The molecule has 1 amide bonds. The van der Waals surface area contributed by atoms with Crippen molar-refractivity contribution in [3.63, 3.8) is 0 Å². The highest BCUT2D eigenvalue weighted by Gasteiger charge is 2.04. The van der Waals surface area contributed by atoms with Crippen LogP contribution in [-0.4, -0.2) is 22.1 Å². The van der Waals surface area contributed by atoms with E-state index in [1.807, 2.05) is 0 Å². The number of benzene rings is 1. The third kappa shape index (κ3) is 4.13. The second-order valence-corrected chi connectivity index (χ2v) is 3.43. The molecule has 0 spiro atoms. The van der Waals surface area contributed by atoms with E-state index in [1.165, 1.54) is 30.4 Å². The molecule has 0 saturated carbocycles. The van der Waals surface area contributed by atoms with E-state index < -0.39 is 5.97 Å². The van der Waals surface area contributed by atoms with E-state index in [0.29, 0.717) is 11.3 Å². The molecule has 0 saturated heterocycles. The molecule has 0 bridgehead atoms. The van der Waals surface area contributed by atoms with Crippen molar-refractivity contribution in [2.45, 2.75) is 6.92 Å². The lowest BCUT2D eigenvalue weighted by molar-refractivity contribution is -0.131. The average molecular weight is 247 g/mol. The Morgan fingerprint density at radius 1 is 1.28 bits per heavy atom. The Balaban J connectivity index is 3.03. The molecule has 1 aromatic rings. The van der Waals surface area contributed by atoms with Gasteiger partial charge in [0.15, 0.2) is 0 Å². The number of hydrogen-bond acceptors (Lipinski definition) is 3. The zero-order valence-corrected chi connectivity index (χ0v) is 9.75. The summed E-state index contributed by atoms with van der Waals surface area (Å²) in [6, 6.07) is 4.27. The highest BCUT2D eigenvalue weighted by molar-refractivity contribution is 6.01. The molecule has 0 unspecified atom stereocenters. The molecule has 0 radical (unpaired) electrons. The highest BCUT2D eigenvalue weighted by Crippen LogP contribution is 2.22. The van der Waals surface area contributed by atoms with Gasteiger partial charge in [-0.1, -0.05) is 6.08 Å². The van der Waals surface area contributed by atoms with Crippen molar-refractivity contribution < 1.29 is 19.8 Å². The van der Waals surface area contributed by atoms with Gasteiger partial charge in [0.1, 0.15) is 5.75 Å². The van der Waals surface area contributed by atoms with Gasteiger partial charge in [0.05, 0.1) is 0 Å². The maximum atomic E-state index is 11.4. The Hall–Kier alpha value is -2.56. The smallest absolute Gasteiger partial charge is 0.328 e. The molecule has 18 heavy (non-hydrogen) atoms. The Morgan fingerprint density at radius 2 is 2.00 bits per heavy atom. The van der Waals surface area contributed by atoms with E-state index >= 15 is 0 Å². The predicted molar refractivity (Wildman–Crippen MR) is 68.2 cm³/mol. The maximum Gasteiger partial charge on any atom is 0.328 e. The van der Waals surface area contributed by atoms with Crippen LogP contribution in [0.1, 0.15) is 12.5 Å². The number of allylic oxidation sites excluding steroid dienone is 1. The fraction of sp³-hybridized carbons (Fsp3) is 0.0769. The van der Waals surface area contributed by atoms with Crippen LogP contribution in [0.5, 0.6) is 5.75 Å². The SMILES string of the molecule is C/C=C/C(=O)Nc1ccc(O)cc1/C=C/C(=O)O. The van der Waals surface area contributed by atoms with E-state index in [-0.39, 0.29) is 11.7 Å². The zero-order chi connectivity index (χ0) is 13.5. The van der Waals surface area contributed by atoms with E-state index in [0.717, 1.165) is 6.08 Å². The molecule has 0 aliphatic rings. The number of carboxylic acid groups (broad SMARTS) is 1. The first-order valence-electron chi connectivity index (χ1n) is 5.20. The molecule has 94 valence electrons. The van der Waals surface area contributed by atoms with Gasteiger partial charge in [0.2, 0.25) is 5.91 Å². The molecule has 5 nitrogen and oxygen atoms in total. The number of carbonyl (C=O) groups excluding carboxylic acids is 1. The Kier molecular flexibility index (Phi) is 4.68. The first-order chi connectivity index (χ1) is 8.52. The molecule has 5 heteroatoms. The topological polar surface area (TPSA) is 86.6 Å². The number of carbonyl (C=O) groups is 2. The standard InChI is InChI=1S/C13H13NO4/c1-2-3-12(16)14-11-6-5-10(15)8-9(11)4-7-13(17)18/h2-8,15H,1H3,(H,14,16)(H,17,18)/b3-2+,7-4+. The summed E-state index contributed by atoms with van der Waals surface area (Å²) < 4.78 is 0. The first-order valence-corrected chi connectivity index (χ1v) is 5.20. The second-order valence-electron chi connectivity index (χ2n) is 3.43. The largest absolute Gasteiger partial charge is 0.508 e. The van der Waals surface area contributed by atoms with Crippen LogP contribution in [0.15, 0.2) is 36.4 Å². The molecule has 1 rings (SSSR count). The third-order valence-electron chi connectivity index (χ3n) is 2.02. The lowest BCUT2D eigenvalue weighted by Gasteiger charge is -2.07. The van der Waals surface area contributed by atoms with Gasteiger partial charge in [-0.25, -0.2) is 4.79 Å². The fourth-order valence-corrected chi connectivity index (χ4v) is 1.29. The number of rotatable bonds is 4. The summed E-state index contributed by atoms with van der Waals surface area (Å²) in [7, 11) is 0. The van der Waals surface area contributed by atoms with E-state index in [4.69, 9.17) is 5.11 Å². The van der Waals surface area contributed by atoms with Gasteiger partial charge in [-0.15, -0.1) is 0 Å². The molecular weight excluding hydrogens is 234 g/mol. The third-order valence-corrected chi connectivity index (χ3v) is 2.02. The predicted octanol–water partition coefficient (Wildman–Crippen LogP) is 2.00. The quantitative estimate of drug-likeness (QED) is 0.561. The molecule has 0 heterocycles. The van der Waals surface area contributed by atoms with E-state index in [9.17, 15) is 14.7 Å². The van der Waals surface area contributed by atoms with Crippen molar-refractivity contribution in [1.29, 1.82) is 0 Å². The molecule has 0 aliphatic heterocycles. The number of amides is 1. The fourth-order valence-electron chi connectivity index (χ4n) is 1.29. The number of carboxylic acids is 1. The van der Waals surface area contributed by atoms with E-state index in [2.05, 4.69) is 5.32 Å². The molecule has 0 aromatic heterocycles. The van der Waals surface area contributed by atoms with Crippen LogP contribution in [0.25, 0.3) is 6.08 Å². The minimum atomic E-state index is -1.11. The summed E-state index contributed by atoms with van der Waals surface area (Å²) in [6.07, 6.45) is 5.16. The number of aromatic hydroxyl groups is 1. The minimum Gasteiger partial charge on any atom is -0.508 e. The van der Waals surface area contributed by atoms with Crippen LogP contribution in [0, 0.1) is 0 Å². The summed E-state index contributed by atoms with van der Waals surface area (Å²) in [5, 5.41) is 20.5. The van der Waals surface area contributed by atoms with Gasteiger partial charge in [0, 0.05) is 17.3 Å². The summed E-state index contributed by atoms with van der Waals surface area (Å²) in [5.41, 5.74) is 0.837. The molecule has 3 N–H and O–H groups in total. The average Bonchev–Trinajstić information content (AvgIpc) is 2.29. The number of nitrogens with one attached hydrogen (secondary N) is 1. The summed E-state index contributed by atoms with van der Waals surface area (Å²) in [6.45, 7) is 1.71. The number of anilines is 1. The van der Waals surface area contributed by atoms with Crippen LogP contribution in [0.2, 0.25) is 0 Å². The van der Waals surface area contributed by atoms with Gasteiger partial charge in [-0.3, -0.25) is 4.79 Å². The summed E-state index contributed by atoms with van der Waals surface area (Å²) in [5.74, 6) is -1.44. The number of phenols is 1. The zero-order valence-electron chi connectivity index (χ0n) is 9.75. The highest BCUT2D eigenvalue weighted by atomic mass is 16.4. The van der Waals surface area contributed by atoms with E-state index in [1.54, 1.807) is 13.0 Å². The normalized spacial score (nSPS) is 10.9. The Bertz CT molecular complexity index is 518. The number of phenolic OH excluding ortho intramolecular Hbond substituents is 1. The van der Waals surface area contributed by atoms with Crippen molar-refractivity contribution in [1.82, 2.24) is 0 Å². The molecule has 0 fully saturated rings. The van der Waals surface area contributed by atoms with Crippen LogP contribution in [0.4, 0.5) is 5.69 Å². The minimum absolute atomic E-state index is 0.0101. The van der Waals surface area contributed by atoms with Crippen molar-refractivity contribution >= 4 is 23.6 Å². The lowest BCUT2D eigenvalue weighted by atomic mass is 10.1. The van der Waals surface area contributed by atoms with Gasteiger partial charge >= 0.3 is 5.97 Å². The van der Waals surface area contributed by atoms with Crippen molar-refractivity contribution in [3.05, 3.63) is 42.0 Å². The van der Waals surface area contributed by atoms with Gasteiger partial charge in [-0.2, -0.15) is 0 Å². The number of hydrogen-bond donors (Lipinski definition) is 3. The lowest BCUT2D eigenvalue weighted by Crippen LogP contribution is -2.08. The molecule has 0 atom stereocenters. The molecule has 1 aromatic carbocycles. The Labute approximate surface area is 104 Å². The number of aliphatic carboxylic acids is 1. The van der Waals surface area contributed by atoms with Crippen molar-refractivity contribution in [3.8, 4) is 5.75 Å². The second kappa shape index (κ2) is 6.24. The monoisotopic (exact) mass is 247 g/mol. The maximum absolute atomic E-state index is 11.4. The van der Waals surface area contributed by atoms with Crippen LogP contribution >= 0.6 is 0 Å². The van der Waals surface area contributed by atoms with Crippen molar-refractivity contribution in [2.24, 2.45) is 0 Å². The van der Waals surface area contributed by atoms with Crippen LogP contribution in [-0.2, 0) is 9.59 Å². The summed E-state index contributed by atoms with van der Waals surface area (Å²) >= 11 is 0. The first kappa shape index (κ1) is 13.5. The Morgan fingerprint density at radius 3 is 2.61 bits per heavy atom. The van der Waals surface area contributed by atoms with Gasteiger partial charge in [0.25, 0.3) is 0 Å². The molecular formula is C13H13NO4. The molecule has 0 aliphatic carbocycles. The van der Waals surface area contributed by atoms with Crippen molar-refractivity contribution in [2.75, 3.05) is 5.32 Å². The van der Waals surface area contributed by atoms with Gasteiger partial charge < -0.3 is 15.5 Å². The van der Waals surface area contributed by atoms with Gasteiger partial charge in [-0.05, 0) is 37.3 Å². The van der Waals surface area contributed by atoms with Crippen LogP contribution in [0.3, 0.4) is 0 Å². The van der Waals surface area contributed by atoms with Crippen LogP contribution < -0.4 is 5.32 Å². The summed E-state index contributed by atoms with van der Waals surface area (Å²) in [4.78, 5) is 21.8.